The van der Waals surface area contributed by atoms with Crippen LogP contribution in [0.25, 0.3) is 0 Å². The lowest BCUT2D eigenvalue weighted by Crippen LogP contribution is -2.37. The number of pyridine rings is 1. The Balaban J connectivity index is 2.62. The number of esters is 1. The Hall–Kier alpha value is -2.17. The number of amides is 1. The monoisotopic (exact) mass is 262 g/mol. The number of carbonyl (C=O) groups is 2. The molecule has 102 valence electrons. The summed E-state index contributed by atoms with van der Waals surface area (Å²) in [6.07, 6.45) is 5.08. The maximum Gasteiger partial charge on any atom is 0.325 e. The molecule has 1 heterocycles. The second-order valence-electron chi connectivity index (χ2n) is 3.90. The SMILES string of the molecule is C=CCN(CC(=O)OCC)C(=O)Cc1ccncc1. The van der Waals surface area contributed by atoms with E-state index in [1.807, 2.05) is 0 Å². The van der Waals surface area contributed by atoms with Gasteiger partial charge in [-0.3, -0.25) is 14.6 Å². The highest BCUT2D eigenvalue weighted by Gasteiger charge is 2.16. The van der Waals surface area contributed by atoms with Gasteiger partial charge in [-0.05, 0) is 24.6 Å². The number of nitrogens with zero attached hydrogens (tertiary/aromatic N) is 2. The van der Waals surface area contributed by atoms with Crippen LogP contribution in [0.4, 0.5) is 0 Å². The van der Waals surface area contributed by atoms with Gasteiger partial charge in [-0.2, -0.15) is 0 Å². The lowest BCUT2D eigenvalue weighted by atomic mass is 10.2. The Morgan fingerprint density at radius 3 is 2.68 bits per heavy atom. The summed E-state index contributed by atoms with van der Waals surface area (Å²) in [5, 5.41) is 0. The Morgan fingerprint density at radius 1 is 1.42 bits per heavy atom. The van der Waals surface area contributed by atoms with Crippen molar-refractivity contribution in [2.45, 2.75) is 13.3 Å². The molecule has 1 aromatic heterocycles. The zero-order chi connectivity index (χ0) is 14.1. The molecule has 0 aliphatic rings. The van der Waals surface area contributed by atoms with Crippen LogP contribution in [-0.4, -0.2) is 41.5 Å². The first-order valence-electron chi connectivity index (χ1n) is 6.10. The molecule has 0 aromatic carbocycles. The van der Waals surface area contributed by atoms with Crippen LogP contribution in [0.2, 0.25) is 0 Å². The topological polar surface area (TPSA) is 59.5 Å². The van der Waals surface area contributed by atoms with Crippen LogP contribution in [0.3, 0.4) is 0 Å². The molecule has 0 aliphatic carbocycles. The van der Waals surface area contributed by atoms with Gasteiger partial charge in [0.1, 0.15) is 6.54 Å². The predicted molar refractivity (Wildman–Crippen MR) is 71.4 cm³/mol. The zero-order valence-corrected chi connectivity index (χ0v) is 11.0. The van der Waals surface area contributed by atoms with Gasteiger partial charge in [0.2, 0.25) is 5.91 Å². The molecular weight excluding hydrogens is 244 g/mol. The predicted octanol–water partition coefficient (Wildman–Crippen LogP) is 1.20. The van der Waals surface area contributed by atoms with Crippen LogP contribution < -0.4 is 0 Å². The molecule has 0 bridgehead atoms. The van der Waals surface area contributed by atoms with Gasteiger partial charge >= 0.3 is 5.97 Å². The second kappa shape index (κ2) is 8.02. The molecule has 0 saturated carbocycles. The molecule has 19 heavy (non-hydrogen) atoms. The average Bonchev–Trinajstić information content (AvgIpc) is 2.39. The second-order valence-corrected chi connectivity index (χ2v) is 3.90. The summed E-state index contributed by atoms with van der Waals surface area (Å²) >= 11 is 0. The lowest BCUT2D eigenvalue weighted by molar-refractivity contribution is -0.148. The van der Waals surface area contributed by atoms with Crippen LogP contribution in [-0.2, 0) is 20.7 Å². The molecule has 1 aromatic rings. The van der Waals surface area contributed by atoms with Crippen LogP contribution in [0.5, 0.6) is 0 Å². The highest BCUT2D eigenvalue weighted by Crippen LogP contribution is 2.02. The van der Waals surface area contributed by atoms with Crippen molar-refractivity contribution < 1.29 is 14.3 Å². The van der Waals surface area contributed by atoms with E-state index in [1.165, 1.54) is 4.90 Å². The van der Waals surface area contributed by atoms with Gasteiger partial charge in [0.05, 0.1) is 13.0 Å². The van der Waals surface area contributed by atoms with Crippen LogP contribution in [0, 0.1) is 0 Å². The van der Waals surface area contributed by atoms with Crippen molar-refractivity contribution in [3.8, 4) is 0 Å². The molecule has 0 saturated heterocycles. The van der Waals surface area contributed by atoms with Gasteiger partial charge in [-0.25, -0.2) is 0 Å². The van der Waals surface area contributed by atoms with Crippen LogP contribution >= 0.6 is 0 Å². The van der Waals surface area contributed by atoms with Crippen molar-refractivity contribution in [2.24, 2.45) is 0 Å². The van der Waals surface area contributed by atoms with Crippen molar-refractivity contribution >= 4 is 11.9 Å². The summed E-state index contributed by atoms with van der Waals surface area (Å²) in [6.45, 7) is 5.89. The van der Waals surface area contributed by atoms with Gasteiger partial charge in [-0.15, -0.1) is 6.58 Å². The summed E-state index contributed by atoms with van der Waals surface area (Å²) in [7, 11) is 0. The lowest BCUT2D eigenvalue weighted by Gasteiger charge is -2.20. The quantitative estimate of drug-likeness (QED) is 0.547. The molecule has 0 atom stereocenters. The van der Waals surface area contributed by atoms with E-state index in [2.05, 4.69) is 11.6 Å². The fraction of sp³-hybridized carbons (Fsp3) is 0.357. The minimum absolute atomic E-state index is 0.0518. The Bertz CT molecular complexity index is 432. The molecule has 1 rings (SSSR count). The maximum absolute atomic E-state index is 12.1. The first-order valence-corrected chi connectivity index (χ1v) is 6.10. The van der Waals surface area contributed by atoms with Crippen molar-refractivity contribution in [1.29, 1.82) is 0 Å². The van der Waals surface area contributed by atoms with E-state index in [-0.39, 0.29) is 18.9 Å². The molecule has 5 heteroatoms. The largest absolute Gasteiger partial charge is 0.465 e. The molecule has 1 amide bonds. The van der Waals surface area contributed by atoms with Gasteiger partial charge in [0, 0.05) is 18.9 Å². The van der Waals surface area contributed by atoms with Crippen LogP contribution in [0.1, 0.15) is 12.5 Å². The number of carbonyl (C=O) groups excluding carboxylic acids is 2. The van der Waals surface area contributed by atoms with Crippen molar-refractivity contribution in [1.82, 2.24) is 9.88 Å². The molecule has 5 nitrogen and oxygen atoms in total. The number of hydrogen-bond acceptors (Lipinski definition) is 4. The number of rotatable bonds is 7. The maximum atomic E-state index is 12.1. The molecule has 0 aliphatic heterocycles. The highest BCUT2D eigenvalue weighted by atomic mass is 16.5. The third-order valence-electron chi connectivity index (χ3n) is 2.43. The third-order valence-corrected chi connectivity index (χ3v) is 2.43. The molecular formula is C14H18N2O3. The Labute approximate surface area is 112 Å². The first kappa shape index (κ1) is 14.9. The minimum atomic E-state index is -0.410. The molecule has 0 fully saturated rings. The number of aromatic nitrogens is 1. The van der Waals surface area contributed by atoms with Gasteiger partial charge < -0.3 is 9.64 Å². The summed E-state index contributed by atoms with van der Waals surface area (Å²) in [5.74, 6) is -0.549. The van der Waals surface area contributed by atoms with Gasteiger partial charge in [0.15, 0.2) is 0 Å². The van der Waals surface area contributed by atoms with Crippen molar-refractivity contribution in [2.75, 3.05) is 19.7 Å². The van der Waals surface area contributed by atoms with Crippen LogP contribution in [0.15, 0.2) is 37.2 Å². The number of ether oxygens (including phenoxy) is 1. The Morgan fingerprint density at radius 2 is 2.11 bits per heavy atom. The molecule has 0 radical (unpaired) electrons. The van der Waals surface area contributed by atoms with E-state index in [0.29, 0.717) is 13.2 Å². The third kappa shape index (κ3) is 5.33. The van der Waals surface area contributed by atoms with Crippen molar-refractivity contribution in [3.05, 3.63) is 42.7 Å². The number of hydrogen-bond donors (Lipinski definition) is 0. The summed E-state index contributed by atoms with van der Waals surface area (Å²) in [4.78, 5) is 28.8. The van der Waals surface area contributed by atoms with E-state index >= 15 is 0 Å². The molecule has 0 unspecified atom stereocenters. The summed E-state index contributed by atoms with van der Waals surface area (Å²) < 4.78 is 4.84. The molecule has 0 spiro atoms. The van der Waals surface area contributed by atoms with E-state index in [0.717, 1.165) is 5.56 Å². The fourth-order valence-corrected chi connectivity index (χ4v) is 1.56. The van der Waals surface area contributed by atoms with E-state index in [4.69, 9.17) is 4.74 Å². The first-order chi connectivity index (χ1) is 9.17. The average molecular weight is 262 g/mol. The minimum Gasteiger partial charge on any atom is -0.465 e. The smallest absolute Gasteiger partial charge is 0.325 e. The van der Waals surface area contributed by atoms with E-state index < -0.39 is 5.97 Å². The molecule has 0 N–H and O–H groups in total. The van der Waals surface area contributed by atoms with Crippen molar-refractivity contribution in [3.63, 3.8) is 0 Å². The van der Waals surface area contributed by atoms with E-state index in [9.17, 15) is 9.59 Å². The summed E-state index contributed by atoms with van der Waals surface area (Å²) in [6, 6.07) is 3.54. The Kier molecular flexibility index (Phi) is 6.29. The van der Waals surface area contributed by atoms with E-state index in [1.54, 1.807) is 37.5 Å². The van der Waals surface area contributed by atoms with Gasteiger partial charge in [0.25, 0.3) is 0 Å². The standard InChI is InChI=1S/C14H18N2O3/c1-3-9-16(11-14(18)19-4-2)13(17)10-12-5-7-15-8-6-12/h3,5-8H,1,4,9-11H2,2H3. The summed E-state index contributed by atoms with van der Waals surface area (Å²) in [5.41, 5.74) is 0.859. The zero-order valence-electron chi connectivity index (χ0n) is 11.0. The van der Waals surface area contributed by atoms with Gasteiger partial charge in [-0.1, -0.05) is 6.08 Å². The normalized spacial score (nSPS) is 9.74. The highest BCUT2D eigenvalue weighted by molar-refractivity contribution is 5.83. The fourth-order valence-electron chi connectivity index (χ4n) is 1.56.